The van der Waals surface area contributed by atoms with E-state index in [2.05, 4.69) is 18.7 Å². The smallest absolute Gasteiger partial charge is 0.263 e. The predicted octanol–water partition coefficient (Wildman–Crippen LogP) is 4.14. The zero-order valence-corrected chi connectivity index (χ0v) is 13.0. The maximum Gasteiger partial charge on any atom is 0.263 e. The topological polar surface area (TPSA) is 29.3 Å². The standard InChI is InChI=1S/C17H26F2N2/c1-17(2)7-4-9-21(10-8-17)15(12-20)13-5-3-6-14(11-13)16(18)19/h3,5-6,11,15-16H,4,7-10,12,20H2,1-2H3. The molecule has 1 aliphatic heterocycles. The molecule has 1 unspecified atom stereocenters. The van der Waals surface area contributed by atoms with E-state index < -0.39 is 6.43 Å². The van der Waals surface area contributed by atoms with Gasteiger partial charge in [0.05, 0.1) is 0 Å². The summed E-state index contributed by atoms with van der Waals surface area (Å²) < 4.78 is 25.8. The Hall–Kier alpha value is -1.00. The molecule has 0 amide bonds. The number of benzene rings is 1. The van der Waals surface area contributed by atoms with Crippen LogP contribution in [0.25, 0.3) is 0 Å². The Kier molecular flexibility index (Phi) is 5.33. The molecule has 4 heteroatoms. The molecule has 0 saturated carbocycles. The second-order valence-electron chi connectivity index (χ2n) is 6.78. The Morgan fingerprint density at radius 2 is 1.90 bits per heavy atom. The summed E-state index contributed by atoms with van der Waals surface area (Å²) in [4.78, 5) is 2.36. The minimum atomic E-state index is -2.42. The monoisotopic (exact) mass is 296 g/mol. The van der Waals surface area contributed by atoms with Crippen LogP contribution in [0.15, 0.2) is 24.3 Å². The number of likely N-dealkylation sites (tertiary alicyclic amines) is 1. The summed E-state index contributed by atoms with van der Waals surface area (Å²) in [5.41, 5.74) is 7.31. The summed E-state index contributed by atoms with van der Waals surface area (Å²) in [5.74, 6) is 0. The lowest BCUT2D eigenvalue weighted by Gasteiger charge is -2.31. The normalized spacial score (nSPS) is 21.2. The highest BCUT2D eigenvalue weighted by molar-refractivity contribution is 5.27. The SMILES string of the molecule is CC1(C)CCCN(C(CN)c2cccc(C(F)F)c2)CC1. The molecule has 1 atom stereocenters. The molecule has 1 aliphatic rings. The number of nitrogens with zero attached hydrogens (tertiary/aromatic N) is 1. The van der Waals surface area contributed by atoms with Gasteiger partial charge >= 0.3 is 0 Å². The minimum absolute atomic E-state index is 0.0394. The maximum absolute atomic E-state index is 12.9. The number of rotatable bonds is 4. The van der Waals surface area contributed by atoms with Crippen LogP contribution in [-0.2, 0) is 0 Å². The minimum Gasteiger partial charge on any atom is -0.329 e. The zero-order chi connectivity index (χ0) is 15.5. The first-order valence-electron chi connectivity index (χ1n) is 7.75. The molecule has 1 fully saturated rings. The first-order chi connectivity index (χ1) is 9.93. The highest BCUT2D eigenvalue weighted by atomic mass is 19.3. The van der Waals surface area contributed by atoms with E-state index in [0.717, 1.165) is 31.5 Å². The highest BCUT2D eigenvalue weighted by Crippen LogP contribution is 2.33. The molecule has 118 valence electrons. The van der Waals surface area contributed by atoms with Crippen molar-refractivity contribution in [2.24, 2.45) is 11.1 Å². The van der Waals surface area contributed by atoms with E-state index >= 15 is 0 Å². The Morgan fingerprint density at radius 3 is 2.57 bits per heavy atom. The summed E-state index contributed by atoms with van der Waals surface area (Å²) in [6.07, 6.45) is 1.04. The fourth-order valence-electron chi connectivity index (χ4n) is 3.15. The van der Waals surface area contributed by atoms with E-state index in [1.807, 2.05) is 6.07 Å². The Labute approximate surface area is 126 Å². The van der Waals surface area contributed by atoms with Crippen LogP contribution in [0.2, 0.25) is 0 Å². The summed E-state index contributed by atoms with van der Waals surface area (Å²) in [6.45, 7) is 7.03. The largest absolute Gasteiger partial charge is 0.329 e. The molecule has 0 radical (unpaired) electrons. The highest BCUT2D eigenvalue weighted by Gasteiger charge is 2.27. The van der Waals surface area contributed by atoms with Crippen molar-refractivity contribution in [3.63, 3.8) is 0 Å². The number of hydrogen-bond donors (Lipinski definition) is 1. The molecule has 1 heterocycles. The van der Waals surface area contributed by atoms with Gasteiger partial charge in [0.2, 0.25) is 0 Å². The third-order valence-corrected chi connectivity index (χ3v) is 4.59. The summed E-state index contributed by atoms with van der Waals surface area (Å²) in [5, 5.41) is 0. The molecule has 0 bridgehead atoms. The Morgan fingerprint density at radius 1 is 1.19 bits per heavy atom. The first-order valence-corrected chi connectivity index (χ1v) is 7.75. The van der Waals surface area contributed by atoms with Crippen LogP contribution >= 0.6 is 0 Å². The number of alkyl halides is 2. The average Bonchev–Trinajstić information content (AvgIpc) is 2.62. The van der Waals surface area contributed by atoms with Gasteiger partial charge in [-0.05, 0) is 49.4 Å². The van der Waals surface area contributed by atoms with Crippen molar-refractivity contribution in [1.29, 1.82) is 0 Å². The van der Waals surface area contributed by atoms with Crippen molar-refractivity contribution in [2.45, 2.75) is 45.6 Å². The first kappa shape index (κ1) is 16.4. The van der Waals surface area contributed by atoms with Crippen LogP contribution < -0.4 is 5.73 Å². The van der Waals surface area contributed by atoms with E-state index in [-0.39, 0.29) is 11.6 Å². The van der Waals surface area contributed by atoms with Crippen LogP contribution in [0.3, 0.4) is 0 Å². The molecule has 2 N–H and O–H groups in total. The molecular formula is C17H26F2N2. The summed E-state index contributed by atoms with van der Waals surface area (Å²) in [7, 11) is 0. The Bertz CT molecular complexity index is 460. The second-order valence-corrected chi connectivity index (χ2v) is 6.78. The van der Waals surface area contributed by atoms with Crippen LogP contribution in [0, 0.1) is 5.41 Å². The maximum atomic E-state index is 12.9. The van der Waals surface area contributed by atoms with Gasteiger partial charge in [-0.25, -0.2) is 8.78 Å². The van der Waals surface area contributed by atoms with E-state index in [4.69, 9.17) is 5.73 Å². The quantitative estimate of drug-likeness (QED) is 0.905. The van der Waals surface area contributed by atoms with E-state index in [1.165, 1.54) is 12.5 Å². The molecule has 1 saturated heterocycles. The van der Waals surface area contributed by atoms with Crippen LogP contribution in [-0.4, -0.2) is 24.5 Å². The summed E-state index contributed by atoms with van der Waals surface area (Å²) in [6, 6.07) is 6.75. The van der Waals surface area contributed by atoms with Crippen LogP contribution in [0.5, 0.6) is 0 Å². The van der Waals surface area contributed by atoms with Crippen molar-refractivity contribution in [1.82, 2.24) is 4.90 Å². The molecule has 0 aromatic heterocycles. The molecule has 21 heavy (non-hydrogen) atoms. The van der Waals surface area contributed by atoms with Gasteiger partial charge in [0.25, 0.3) is 6.43 Å². The van der Waals surface area contributed by atoms with Gasteiger partial charge in [-0.15, -0.1) is 0 Å². The van der Waals surface area contributed by atoms with Crippen molar-refractivity contribution >= 4 is 0 Å². The van der Waals surface area contributed by atoms with Gasteiger partial charge in [0.1, 0.15) is 0 Å². The molecule has 1 aromatic carbocycles. The lowest BCUT2D eigenvalue weighted by Crippen LogP contribution is -2.35. The predicted molar refractivity (Wildman–Crippen MR) is 82.4 cm³/mol. The number of halogens is 2. The molecule has 1 aromatic rings. The van der Waals surface area contributed by atoms with Gasteiger partial charge in [0.15, 0.2) is 0 Å². The van der Waals surface area contributed by atoms with Gasteiger partial charge < -0.3 is 5.73 Å². The molecule has 2 nitrogen and oxygen atoms in total. The average molecular weight is 296 g/mol. The van der Waals surface area contributed by atoms with Gasteiger partial charge in [-0.1, -0.05) is 32.0 Å². The summed E-state index contributed by atoms with van der Waals surface area (Å²) >= 11 is 0. The van der Waals surface area contributed by atoms with Crippen molar-refractivity contribution in [2.75, 3.05) is 19.6 Å². The lowest BCUT2D eigenvalue weighted by molar-refractivity contribution is 0.150. The van der Waals surface area contributed by atoms with E-state index in [0.29, 0.717) is 12.0 Å². The Balaban J connectivity index is 2.17. The third kappa shape index (κ3) is 4.24. The number of hydrogen-bond acceptors (Lipinski definition) is 2. The molecule has 0 aliphatic carbocycles. The van der Waals surface area contributed by atoms with E-state index in [1.54, 1.807) is 12.1 Å². The van der Waals surface area contributed by atoms with Gasteiger partial charge in [-0.3, -0.25) is 4.90 Å². The van der Waals surface area contributed by atoms with Gasteiger partial charge in [-0.2, -0.15) is 0 Å². The van der Waals surface area contributed by atoms with Gasteiger partial charge in [0, 0.05) is 18.2 Å². The fraction of sp³-hybridized carbons (Fsp3) is 0.647. The van der Waals surface area contributed by atoms with Crippen molar-refractivity contribution in [3.8, 4) is 0 Å². The fourth-order valence-corrected chi connectivity index (χ4v) is 3.15. The second kappa shape index (κ2) is 6.84. The molecular weight excluding hydrogens is 270 g/mol. The van der Waals surface area contributed by atoms with Crippen LogP contribution in [0.1, 0.15) is 56.7 Å². The zero-order valence-electron chi connectivity index (χ0n) is 13.0. The third-order valence-electron chi connectivity index (χ3n) is 4.59. The number of nitrogens with two attached hydrogens (primary N) is 1. The van der Waals surface area contributed by atoms with Crippen molar-refractivity contribution < 1.29 is 8.78 Å². The molecule has 0 spiro atoms. The lowest BCUT2D eigenvalue weighted by atomic mass is 9.85. The molecule has 2 rings (SSSR count). The van der Waals surface area contributed by atoms with E-state index in [9.17, 15) is 8.78 Å². The van der Waals surface area contributed by atoms with Crippen molar-refractivity contribution in [3.05, 3.63) is 35.4 Å². The van der Waals surface area contributed by atoms with Crippen LogP contribution in [0.4, 0.5) is 8.78 Å².